The first-order chi connectivity index (χ1) is 12.0. The predicted octanol–water partition coefficient (Wildman–Crippen LogP) is 1.99. The Hall–Kier alpha value is -2.80. The van der Waals surface area contributed by atoms with E-state index in [2.05, 4.69) is 5.32 Å². The fraction of sp³-hybridized carbons (Fsp3) is 0.167. The molecule has 1 fully saturated rings. The summed E-state index contributed by atoms with van der Waals surface area (Å²) in [7, 11) is 0. The number of amides is 2. The van der Waals surface area contributed by atoms with E-state index in [1.54, 1.807) is 12.1 Å². The van der Waals surface area contributed by atoms with Crippen LogP contribution in [0.4, 0.5) is 10.5 Å². The van der Waals surface area contributed by atoms with Crippen LogP contribution in [-0.2, 0) is 11.3 Å². The number of rotatable bonds is 5. The SMILES string of the molecule is Cc1ccccc1N[C@@H]1SC(=O)N(Cc2ccc(C(=O)[O-])cc2)C1=O. The van der Waals surface area contributed by atoms with E-state index >= 15 is 0 Å². The van der Waals surface area contributed by atoms with Crippen LogP contribution in [0.5, 0.6) is 0 Å². The summed E-state index contributed by atoms with van der Waals surface area (Å²) in [5, 5.41) is 12.9. The van der Waals surface area contributed by atoms with Gasteiger partial charge in [0.25, 0.3) is 11.1 Å². The number of thioether (sulfide) groups is 1. The highest BCUT2D eigenvalue weighted by Crippen LogP contribution is 2.30. The Balaban J connectivity index is 1.71. The largest absolute Gasteiger partial charge is 0.545 e. The third-order valence-corrected chi connectivity index (χ3v) is 4.87. The van der Waals surface area contributed by atoms with Crippen LogP contribution in [0.1, 0.15) is 21.5 Å². The molecule has 0 aromatic heterocycles. The smallest absolute Gasteiger partial charge is 0.291 e. The van der Waals surface area contributed by atoms with Crippen LogP contribution >= 0.6 is 11.8 Å². The molecule has 1 aliphatic heterocycles. The lowest BCUT2D eigenvalue weighted by molar-refractivity contribution is -0.255. The van der Waals surface area contributed by atoms with Crippen molar-refractivity contribution >= 4 is 34.6 Å². The molecule has 0 aliphatic carbocycles. The summed E-state index contributed by atoms with van der Waals surface area (Å²) in [5.41, 5.74) is 2.51. The van der Waals surface area contributed by atoms with Gasteiger partial charge < -0.3 is 15.2 Å². The van der Waals surface area contributed by atoms with Gasteiger partial charge in [-0.1, -0.05) is 42.5 Å². The van der Waals surface area contributed by atoms with E-state index in [0.29, 0.717) is 5.56 Å². The summed E-state index contributed by atoms with van der Waals surface area (Å²) in [5.74, 6) is -1.58. The number of imide groups is 1. The summed E-state index contributed by atoms with van der Waals surface area (Å²) in [4.78, 5) is 36.6. The zero-order valence-electron chi connectivity index (χ0n) is 13.4. The van der Waals surface area contributed by atoms with E-state index in [9.17, 15) is 19.5 Å². The van der Waals surface area contributed by atoms with E-state index in [1.165, 1.54) is 12.1 Å². The highest BCUT2D eigenvalue weighted by atomic mass is 32.2. The minimum Gasteiger partial charge on any atom is -0.545 e. The van der Waals surface area contributed by atoms with Crippen LogP contribution in [0.25, 0.3) is 0 Å². The molecule has 0 bridgehead atoms. The summed E-state index contributed by atoms with van der Waals surface area (Å²) in [6.45, 7) is 2.02. The molecule has 2 aromatic rings. The monoisotopic (exact) mass is 355 g/mol. The number of carboxylic acids is 1. The number of benzene rings is 2. The van der Waals surface area contributed by atoms with Crippen molar-refractivity contribution in [3.8, 4) is 0 Å². The molecule has 0 unspecified atom stereocenters. The zero-order chi connectivity index (χ0) is 18.0. The molecule has 3 rings (SSSR count). The summed E-state index contributed by atoms with van der Waals surface area (Å²) >= 11 is 0.935. The van der Waals surface area contributed by atoms with E-state index < -0.39 is 11.3 Å². The third kappa shape index (κ3) is 3.66. The third-order valence-electron chi connectivity index (χ3n) is 3.89. The van der Waals surface area contributed by atoms with Crippen molar-refractivity contribution in [2.24, 2.45) is 0 Å². The fourth-order valence-electron chi connectivity index (χ4n) is 2.48. The average molecular weight is 355 g/mol. The predicted molar refractivity (Wildman–Crippen MR) is 92.9 cm³/mol. The molecule has 128 valence electrons. The molecule has 1 heterocycles. The molecule has 25 heavy (non-hydrogen) atoms. The molecular weight excluding hydrogens is 340 g/mol. The Morgan fingerprint density at radius 2 is 1.84 bits per heavy atom. The molecule has 0 saturated carbocycles. The van der Waals surface area contributed by atoms with Gasteiger partial charge in [0.15, 0.2) is 5.37 Å². The zero-order valence-corrected chi connectivity index (χ0v) is 14.2. The van der Waals surface area contributed by atoms with Crippen LogP contribution in [0.2, 0.25) is 0 Å². The number of carbonyl (C=O) groups is 3. The number of nitrogens with zero attached hydrogens (tertiary/aromatic N) is 1. The Morgan fingerprint density at radius 3 is 2.48 bits per heavy atom. The van der Waals surface area contributed by atoms with Gasteiger partial charge in [-0.3, -0.25) is 14.5 Å². The van der Waals surface area contributed by atoms with E-state index in [1.807, 2.05) is 31.2 Å². The van der Waals surface area contributed by atoms with Gasteiger partial charge >= 0.3 is 0 Å². The molecule has 2 aromatic carbocycles. The second-order valence-corrected chi connectivity index (χ2v) is 6.69. The lowest BCUT2D eigenvalue weighted by atomic mass is 10.1. The van der Waals surface area contributed by atoms with E-state index in [4.69, 9.17) is 0 Å². The highest BCUT2D eigenvalue weighted by Gasteiger charge is 2.39. The number of anilines is 1. The van der Waals surface area contributed by atoms with Crippen molar-refractivity contribution in [1.82, 2.24) is 4.90 Å². The summed E-state index contributed by atoms with van der Waals surface area (Å²) < 4.78 is 0. The maximum absolute atomic E-state index is 12.5. The van der Waals surface area contributed by atoms with Crippen molar-refractivity contribution in [1.29, 1.82) is 0 Å². The Kier molecular flexibility index (Phi) is 4.76. The number of aryl methyl sites for hydroxylation is 1. The van der Waals surface area contributed by atoms with Gasteiger partial charge in [-0.15, -0.1) is 0 Å². The van der Waals surface area contributed by atoms with Gasteiger partial charge in [0.05, 0.1) is 12.5 Å². The molecule has 1 atom stereocenters. The first-order valence-electron chi connectivity index (χ1n) is 7.60. The lowest BCUT2D eigenvalue weighted by Gasteiger charge is -2.16. The van der Waals surface area contributed by atoms with Crippen LogP contribution < -0.4 is 10.4 Å². The first kappa shape index (κ1) is 17.0. The number of hydrogen-bond donors (Lipinski definition) is 1. The van der Waals surface area contributed by atoms with E-state index in [0.717, 1.165) is 27.9 Å². The topological polar surface area (TPSA) is 89.5 Å². The van der Waals surface area contributed by atoms with Crippen molar-refractivity contribution < 1.29 is 19.5 Å². The lowest BCUT2D eigenvalue weighted by Crippen LogP contribution is -2.34. The van der Waals surface area contributed by atoms with Gasteiger partial charge in [-0.25, -0.2) is 0 Å². The number of carbonyl (C=O) groups excluding carboxylic acids is 3. The number of aromatic carboxylic acids is 1. The molecule has 1 aliphatic rings. The van der Waals surface area contributed by atoms with Crippen molar-refractivity contribution in [2.45, 2.75) is 18.8 Å². The highest BCUT2D eigenvalue weighted by molar-refractivity contribution is 8.15. The number of hydrogen-bond acceptors (Lipinski definition) is 6. The average Bonchev–Trinajstić information content (AvgIpc) is 2.85. The standard InChI is InChI=1S/C18H16N2O4S/c1-11-4-2-3-5-14(11)19-15-16(21)20(18(24)25-15)10-12-6-8-13(9-7-12)17(22)23/h2-9,15,19H,10H2,1H3,(H,22,23)/p-1/t15-/m1/s1. The molecular formula is C18H15N2O4S-. The molecule has 7 heteroatoms. The van der Waals surface area contributed by atoms with Crippen LogP contribution in [0.15, 0.2) is 48.5 Å². The Bertz CT molecular complexity index is 835. The van der Waals surface area contributed by atoms with Gasteiger partial charge in [0, 0.05) is 5.69 Å². The molecule has 6 nitrogen and oxygen atoms in total. The molecule has 0 spiro atoms. The number of para-hydroxylation sites is 1. The molecule has 2 amide bonds. The van der Waals surface area contributed by atoms with Gasteiger partial charge in [0.1, 0.15) is 0 Å². The summed E-state index contributed by atoms with van der Waals surface area (Å²) in [6, 6.07) is 13.5. The second-order valence-electron chi connectivity index (χ2n) is 5.63. The van der Waals surface area contributed by atoms with Gasteiger partial charge in [-0.2, -0.15) is 0 Å². The maximum Gasteiger partial charge on any atom is 0.291 e. The van der Waals surface area contributed by atoms with Crippen LogP contribution in [-0.4, -0.2) is 27.4 Å². The number of carboxylic acid groups (broad SMARTS) is 1. The second kappa shape index (κ2) is 6.98. The maximum atomic E-state index is 12.5. The normalized spacial score (nSPS) is 17.0. The van der Waals surface area contributed by atoms with Crippen molar-refractivity contribution in [3.05, 3.63) is 65.2 Å². The minimum atomic E-state index is -1.27. The molecule has 0 radical (unpaired) electrons. The van der Waals surface area contributed by atoms with E-state index in [-0.39, 0.29) is 23.3 Å². The van der Waals surface area contributed by atoms with Crippen LogP contribution in [0, 0.1) is 6.92 Å². The molecule has 1 N–H and O–H groups in total. The van der Waals surface area contributed by atoms with Gasteiger partial charge in [-0.05, 0) is 41.4 Å². The van der Waals surface area contributed by atoms with Crippen molar-refractivity contribution in [3.63, 3.8) is 0 Å². The Morgan fingerprint density at radius 1 is 1.16 bits per heavy atom. The van der Waals surface area contributed by atoms with Crippen LogP contribution in [0.3, 0.4) is 0 Å². The first-order valence-corrected chi connectivity index (χ1v) is 8.48. The quantitative estimate of drug-likeness (QED) is 0.882. The fourth-order valence-corrected chi connectivity index (χ4v) is 3.38. The van der Waals surface area contributed by atoms with Gasteiger partial charge in [0.2, 0.25) is 0 Å². The number of nitrogens with one attached hydrogen (secondary N) is 1. The van der Waals surface area contributed by atoms with Crippen molar-refractivity contribution in [2.75, 3.05) is 5.32 Å². The Labute approximate surface area is 148 Å². The minimum absolute atomic E-state index is 0.0521. The molecule has 1 saturated heterocycles. The summed E-state index contributed by atoms with van der Waals surface area (Å²) in [6.07, 6.45) is 0.